The van der Waals surface area contributed by atoms with Gasteiger partial charge in [0.25, 0.3) is 5.89 Å². The molecule has 2 rings (SSSR count). The molecule has 2 aromatic rings. The molecule has 0 aliphatic rings. The van der Waals surface area contributed by atoms with Gasteiger partial charge in [-0.05, 0) is 47.0 Å². The monoisotopic (exact) mass is 391 g/mol. The van der Waals surface area contributed by atoms with Crippen LogP contribution in [0.4, 0.5) is 18.9 Å². The number of aromatic nitrogens is 2. The Morgan fingerprint density at radius 3 is 2.70 bits per heavy atom. The smallest absolute Gasteiger partial charge is 0.322 e. The van der Waals surface area contributed by atoms with E-state index in [9.17, 15) is 13.2 Å². The minimum Gasteiger partial charge on any atom is -0.385 e. The molecule has 0 spiro atoms. The summed E-state index contributed by atoms with van der Waals surface area (Å²) >= 11 is 3.13. The van der Waals surface area contributed by atoms with E-state index in [2.05, 4.69) is 35.9 Å². The van der Waals surface area contributed by atoms with Crippen molar-refractivity contribution >= 4 is 21.6 Å². The van der Waals surface area contributed by atoms with Crippen molar-refractivity contribution in [2.24, 2.45) is 0 Å². The van der Waals surface area contributed by atoms with Crippen LogP contribution in [0.15, 0.2) is 27.2 Å². The number of unbranched alkanes of at least 4 members (excludes halogenated alkanes) is 2. The summed E-state index contributed by atoms with van der Waals surface area (Å²) < 4.78 is 43.9. The molecule has 0 saturated carbocycles. The molecule has 8 heteroatoms. The lowest BCUT2D eigenvalue weighted by atomic mass is 10.2. The molecule has 1 N–H and O–H groups in total. The first kappa shape index (κ1) is 17.8. The summed E-state index contributed by atoms with van der Waals surface area (Å²) in [6, 6.07) is 4.75. The quantitative estimate of drug-likeness (QED) is 0.649. The first-order chi connectivity index (χ1) is 10.9. The normalized spacial score (nSPS) is 11.7. The highest BCUT2D eigenvalue weighted by atomic mass is 79.9. The molecule has 1 aromatic carbocycles. The molecule has 0 aliphatic carbocycles. The fourth-order valence-corrected chi connectivity index (χ4v) is 2.34. The molecule has 126 valence electrons. The van der Waals surface area contributed by atoms with Crippen LogP contribution in [0.1, 0.15) is 37.9 Å². The predicted octanol–water partition coefficient (Wildman–Crippen LogP) is 4.91. The van der Waals surface area contributed by atoms with Gasteiger partial charge in [0, 0.05) is 25.6 Å². The summed E-state index contributed by atoms with van der Waals surface area (Å²) in [5, 5.41) is 6.73. The summed E-state index contributed by atoms with van der Waals surface area (Å²) in [6.07, 6.45) is 3.07. The number of anilines is 1. The van der Waals surface area contributed by atoms with Gasteiger partial charge in [-0.3, -0.25) is 0 Å². The van der Waals surface area contributed by atoms with Crippen LogP contribution in [0.3, 0.4) is 0 Å². The molecule has 4 nitrogen and oxygen atoms in total. The third-order valence-electron chi connectivity index (χ3n) is 3.17. The average molecular weight is 392 g/mol. The third-order valence-corrected chi connectivity index (χ3v) is 3.78. The molecule has 0 fully saturated rings. The van der Waals surface area contributed by atoms with E-state index in [-0.39, 0.29) is 5.82 Å². The highest BCUT2D eigenvalue weighted by Crippen LogP contribution is 2.25. The van der Waals surface area contributed by atoms with Crippen LogP contribution in [-0.2, 0) is 12.3 Å². The zero-order chi connectivity index (χ0) is 16.9. The van der Waals surface area contributed by atoms with Gasteiger partial charge in [-0.25, -0.2) is 4.39 Å². The van der Waals surface area contributed by atoms with Gasteiger partial charge in [0.15, 0.2) is 5.82 Å². The number of nitrogens with zero attached hydrogens (tertiary/aromatic N) is 2. The molecule has 0 bridgehead atoms. The van der Waals surface area contributed by atoms with Crippen LogP contribution in [0, 0.1) is 5.82 Å². The van der Waals surface area contributed by atoms with Gasteiger partial charge in [0.05, 0.1) is 4.47 Å². The Kier molecular flexibility index (Phi) is 6.04. The van der Waals surface area contributed by atoms with Crippen LogP contribution in [0.5, 0.6) is 0 Å². The Labute approximate surface area is 140 Å². The van der Waals surface area contributed by atoms with Crippen molar-refractivity contribution in [2.75, 3.05) is 11.9 Å². The zero-order valence-electron chi connectivity index (χ0n) is 12.6. The second-order valence-electron chi connectivity index (χ2n) is 5.27. The van der Waals surface area contributed by atoms with E-state index in [0.717, 1.165) is 38.4 Å². The minimum atomic E-state index is -3.10. The second-order valence-corrected chi connectivity index (χ2v) is 6.12. The van der Waals surface area contributed by atoms with Crippen molar-refractivity contribution in [2.45, 2.75) is 38.5 Å². The molecule has 0 saturated heterocycles. The molecule has 0 radical (unpaired) electrons. The van der Waals surface area contributed by atoms with E-state index in [1.54, 1.807) is 12.1 Å². The zero-order valence-corrected chi connectivity index (χ0v) is 14.2. The second kappa shape index (κ2) is 7.81. The van der Waals surface area contributed by atoms with E-state index >= 15 is 0 Å². The lowest BCUT2D eigenvalue weighted by Crippen LogP contribution is -2.07. The van der Waals surface area contributed by atoms with Crippen LogP contribution in [0.2, 0.25) is 0 Å². The number of halogens is 4. The Morgan fingerprint density at radius 2 is 2.04 bits per heavy atom. The maximum absolute atomic E-state index is 13.1. The van der Waals surface area contributed by atoms with E-state index in [1.165, 1.54) is 6.07 Å². The molecule has 0 aliphatic heterocycles. The van der Waals surface area contributed by atoms with E-state index < -0.39 is 11.8 Å². The van der Waals surface area contributed by atoms with Crippen molar-refractivity contribution < 1.29 is 17.7 Å². The van der Waals surface area contributed by atoms with Crippen molar-refractivity contribution in [3.8, 4) is 0 Å². The number of aryl methyl sites for hydroxylation is 1. The van der Waals surface area contributed by atoms with Gasteiger partial charge in [0.2, 0.25) is 0 Å². The Hall–Kier alpha value is -1.57. The highest BCUT2D eigenvalue weighted by Gasteiger charge is 2.31. The molecular weight excluding hydrogens is 375 g/mol. The van der Waals surface area contributed by atoms with Crippen LogP contribution < -0.4 is 5.32 Å². The van der Waals surface area contributed by atoms with Crippen molar-refractivity contribution in [1.29, 1.82) is 0 Å². The molecule has 0 atom stereocenters. The highest BCUT2D eigenvalue weighted by molar-refractivity contribution is 9.10. The maximum atomic E-state index is 13.1. The molecule has 0 unspecified atom stereocenters. The number of rotatable bonds is 8. The summed E-state index contributed by atoms with van der Waals surface area (Å²) in [7, 11) is 0. The van der Waals surface area contributed by atoms with Gasteiger partial charge in [-0.15, -0.1) is 0 Å². The van der Waals surface area contributed by atoms with E-state index in [4.69, 9.17) is 0 Å². The summed E-state index contributed by atoms with van der Waals surface area (Å²) in [4.78, 5) is 3.68. The molecule has 1 heterocycles. The van der Waals surface area contributed by atoms with Gasteiger partial charge < -0.3 is 9.84 Å². The Bertz CT molecular complexity index is 643. The van der Waals surface area contributed by atoms with Gasteiger partial charge >= 0.3 is 5.92 Å². The van der Waals surface area contributed by atoms with Crippen molar-refractivity contribution in [3.63, 3.8) is 0 Å². The lowest BCUT2D eigenvalue weighted by Gasteiger charge is -2.06. The molecular formula is C15H17BrF3N3O. The minimum absolute atomic E-state index is 0.298. The van der Waals surface area contributed by atoms with Crippen LogP contribution in [-0.4, -0.2) is 16.7 Å². The molecule has 0 amide bonds. The SMILES string of the molecule is CC(F)(F)c1nc(CCCCCNc2ccc(F)c(Br)c2)no1. The number of hydrogen-bond donors (Lipinski definition) is 1. The Balaban J connectivity index is 1.64. The largest absolute Gasteiger partial charge is 0.385 e. The summed E-state index contributed by atoms with van der Waals surface area (Å²) in [5.41, 5.74) is 0.839. The summed E-state index contributed by atoms with van der Waals surface area (Å²) in [5.74, 6) is -3.74. The molecule has 1 aromatic heterocycles. The van der Waals surface area contributed by atoms with Crippen molar-refractivity contribution in [3.05, 3.63) is 40.2 Å². The van der Waals surface area contributed by atoms with Gasteiger partial charge in [-0.1, -0.05) is 11.6 Å². The molecule has 23 heavy (non-hydrogen) atoms. The third kappa shape index (κ3) is 5.53. The maximum Gasteiger partial charge on any atom is 0.322 e. The first-order valence-electron chi connectivity index (χ1n) is 7.26. The summed E-state index contributed by atoms with van der Waals surface area (Å²) in [6.45, 7) is 1.46. The standard InChI is InChI=1S/C15H17BrF3N3O/c1-15(18,19)14-21-13(22-23-14)5-3-2-4-8-20-10-6-7-12(17)11(16)9-10/h6-7,9,20H,2-5,8H2,1H3. The number of nitrogens with one attached hydrogen (secondary N) is 1. The van der Waals surface area contributed by atoms with Gasteiger partial charge in [0.1, 0.15) is 5.82 Å². The van der Waals surface area contributed by atoms with Crippen LogP contribution in [0.25, 0.3) is 0 Å². The Morgan fingerprint density at radius 1 is 1.26 bits per heavy atom. The van der Waals surface area contributed by atoms with Crippen LogP contribution >= 0.6 is 15.9 Å². The van der Waals surface area contributed by atoms with E-state index in [0.29, 0.717) is 16.7 Å². The van der Waals surface area contributed by atoms with Gasteiger partial charge in [-0.2, -0.15) is 13.8 Å². The van der Waals surface area contributed by atoms with E-state index in [1.807, 2.05) is 0 Å². The fraction of sp³-hybridized carbons (Fsp3) is 0.467. The lowest BCUT2D eigenvalue weighted by molar-refractivity contribution is -0.0158. The fourth-order valence-electron chi connectivity index (χ4n) is 1.96. The number of hydrogen-bond acceptors (Lipinski definition) is 4. The van der Waals surface area contributed by atoms with Crippen molar-refractivity contribution in [1.82, 2.24) is 10.1 Å². The topological polar surface area (TPSA) is 51.0 Å². The average Bonchev–Trinajstić information content (AvgIpc) is 2.95. The number of alkyl halides is 2. The predicted molar refractivity (Wildman–Crippen MR) is 84.0 cm³/mol. The first-order valence-corrected chi connectivity index (χ1v) is 8.05. The number of benzene rings is 1.